The minimum Gasteiger partial charge on any atom is -0.492 e. The molecular formula is C20H27Cl2N3O2. The van der Waals surface area contributed by atoms with Gasteiger partial charge in [-0.15, -0.1) is 24.8 Å². The molecule has 1 fully saturated rings. The third kappa shape index (κ3) is 5.94. The Hall–Kier alpha value is -2.11. The van der Waals surface area contributed by atoms with Crippen LogP contribution in [0.25, 0.3) is 0 Å². The van der Waals surface area contributed by atoms with E-state index < -0.39 is 0 Å². The maximum Gasteiger partial charge on any atom is 0.227 e. The van der Waals surface area contributed by atoms with Crippen molar-refractivity contribution in [2.24, 2.45) is 0 Å². The highest BCUT2D eigenvalue weighted by molar-refractivity contribution is 5.85. The van der Waals surface area contributed by atoms with Crippen LogP contribution in [0.5, 0.6) is 5.75 Å². The molecule has 2 aromatic carbocycles. The van der Waals surface area contributed by atoms with E-state index in [1.807, 2.05) is 54.3 Å². The van der Waals surface area contributed by atoms with Gasteiger partial charge in [0, 0.05) is 31.9 Å². The standard InChI is InChI=1S/C20H25N3O2.2ClH/c1-2-25-19-6-4-3-5-18(19)22-11-13-23(14-12-22)20(24)15-16-7-9-17(21)10-8-16;;/h3-10H,2,11-15,21H2,1H3;2*1H. The van der Waals surface area contributed by atoms with Gasteiger partial charge in [0.2, 0.25) is 5.91 Å². The molecule has 27 heavy (non-hydrogen) atoms. The number of rotatable bonds is 5. The molecule has 1 saturated heterocycles. The molecule has 7 heteroatoms. The predicted octanol–water partition coefficient (Wildman–Crippen LogP) is 3.40. The fourth-order valence-corrected chi connectivity index (χ4v) is 3.11. The Morgan fingerprint density at radius 2 is 1.63 bits per heavy atom. The van der Waals surface area contributed by atoms with Gasteiger partial charge in [0.1, 0.15) is 5.75 Å². The minimum atomic E-state index is 0. The van der Waals surface area contributed by atoms with E-state index in [0.717, 1.165) is 48.9 Å². The summed E-state index contributed by atoms with van der Waals surface area (Å²) in [5, 5.41) is 0. The lowest BCUT2D eigenvalue weighted by Crippen LogP contribution is -2.49. The zero-order valence-electron chi connectivity index (χ0n) is 15.5. The first-order valence-electron chi connectivity index (χ1n) is 8.76. The first-order chi connectivity index (χ1) is 12.2. The number of carbonyl (C=O) groups is 1. The number of nitrogens with two attached hydrogens (primary N) is 1. The molecule has 0 atom stereocenters. The number of benzene rings is 2. The van der Waals surface area contributed by atoms with Gasteiger partial charge in [0.15, 0.2) is 0 Å². The van der Waals surface area contributed by atoms with Crippen molar-refractivity contribution < 1.29 is 9.53 Å². The molecule has 1 aliphatic heterocycles. The van der Waals surface area contributed by atoms with Gasteiger partial charge >= 0.3 is 0 Å². The molecule has 2 N–H and O–H groups in total. The van der Waals surface area contributed by atoms with Gasteiger partial charge in [-0.2, -0.15) is 0 Å². The number of nitrogen functional groups attached to an aromatic ring is 1. The summed E-state index contributed by atoms with van der Waals surface area (Å²) in [4.78, 5) is 16.7. The highest BCUT2D eigenvalue weighted by atomic mass is 35.5. The van der Waals surface area contributed by atoms with Crippen LogP contribution in [0.4, 0.5) is 11.4 Å². The molecule has 0 saturated carbocycles. The lowest BCUT2D eigenvalue weighted by molar-refractivity contribution is -0.130. The summed E-state index contributed by atoms with van der Waals surface area (Å²) in [6.07, 6.45) is 0.426. The summed E-state index contributed by atoms with van der Waals surface area (Å²) in [7, 11) is 0. The Labute approximate surface area is 173 Å². The normalized spacial score (nSPS) is 13.4. The van der Waals surface area contributed by atoms with E-state index in [4.69, 9.17) is 10.5 Å². The lowest BCUT2D eigenvalue weighted by Gasteiger charge is -2.36. The molecule has 3 rings (SSSR count). The van der Waals surface area contributed by atoms with Crippen molar-refractivity contribution in [1.82, 2.24) is 4.90 Å². The number of anilines is 2. The number of amides is 1. The molecule has 0 aromatic heterocycles. The van der Waals surface area contributed by atoms with Crippen molar-refractivity contribution in [3.63, 3.8) is 0 Å². The third-order valence-electron chi connectivity index (χ3n) is 4.47. The van der Waals surface area contributed by atoms with Crippen LogP contribution in [0, 0.1) is 0 Å². The molecule has 1 heterocycles. The van der Waals surface area contributed by atoms with Gasteiger partial charge in [-0.05, 0) is 36.8 Å². The maximum atomic E-state index is 12.5. The van der Waals surface area contributed by atoms with Gasteiger partial charge < -0.3 is 20.3 Å². The number of halogens is 2. The summed E-state index contributed by atoms with van der Waals surface area (Å²) in [5.41, 5.74) is 8.52. The predicted molar refractivity (Wildman–Crippen MR) is 115 cm³/mol. The third-order valence-corrected chi connectivity index (χ3v) is 4.47. The van der Waals surface area contributed by atoms with Crippen LogP contribution in [0.1, 0.15) is 12.5 Å². The zero-order chi connectivity index (χ0) is 17.6. The number of hydrogen-bond donors (Lipinski definition) is 1. The van der Waals surface area contributed by atoms with Gasteiger partial charge in [-0.3, -0.25) is 4.79 Å². The van der Waals surface area contributed by atoms with Crippen LogP contribution < -0.4 is 15.4 Å². The second-order valence-electron chi connectivity index (χ2n) is 6.19. The first kappa shape index (κ1) is 22.9. The quantitative estimate of drug-likeness (QED) is 0.765. The van der Waals surface area contributed by atoms with Crippen molar-refractivity contribution in [2.75, 3.05) is 43.4 Å². The highest BCUT2D eigenvalue weighted by Crippen LogP contribution is 2.28. The smallest absolute Gasteiger partial charge is 0.227 e. The maximum absolute atomic E-state index is 12.5. The summed E-state index contributed by atoms with van der Waals surface area (Å²) in [6, 6.07) is 15.6. The van der Waals surface area contributed by atoms with Crippen molar-refractivity contribution in [1.29, 1.82) is 0 Å². The highest BCUT2D eigenvalue weighted by Gasteiger charge is 2.22. The van der Waals surface area contributed by atoms with Crippen molar-refractivity contribution in [3.05, 3.63) is 54.1 Å². The second-order valence-corrected chi connectivity index (χ2v) is 6.19. The fraction of sp³-hybridized carbons (Fsp3) is 0.350. The summed E-state index contributed by atoms with van der Waals surface area (Å²) >= 11 is 0. The van der Waals surface area contributed by atoms with E-state index in [2.05, 4.69) is 11.0 Å². The van der Waals surface area contributed by atoms with Gasteiger partial charge in [0.25, 0.3) is 0 Å². The fourth-order valence-electron chi connectivity index (χ4n) is 3.11. The van der Waals surface area contributed by atoms with E-state index in [1.54, 1.807) is 0 Å². The molecule has 148 valence electrons. The van der Waals surface area contributed by atoms with Crippen molar-refractivity contribution >= 4 is 42.1 Å². The van der Waals surface area contributed by atoms with Crippen molar-refractivity contribution in [2.45, 2.75) is 13.3 Å². The monoisotopic (exact) mass is 411 g/mol. The van der Waals surface area contributed by atoms with Gasteiger partial charge in [-0.25, -0.2) is 0 Å². The van der Waals surface area contributed by atoms with Crippen LogP contribution in [-0.4, -0.2) is 43.6 Å². The molecule has 2 aromatic rings. The van der Waals surface area contributed by atoms with E-state index in [-0.39, 0.29) is 30.7 Å². The number of hydrogen-bond acceptors (Lipinski definition) is 4. The Kier molecular flexibility index (Phi) is 9.26. The minimum absolute atomic E-state index is 0. The van der Waals surface area contributed by atoms with E-state index in [1.165, 1.54) is 0 Å². The van der Waals surface area contributed by atoms with Crippen LogP contribution in [0.2, 0.25) is 0 Å². The number of carbonyl (C=O) groups excluding carboxylic acids is 1. The van der Waals surface area contributed by atoms with Gasteiger partial charge in [-0.1, -0.05) is 24.3 Å². The molecule has 0 aliphatic carbocycles. The Bertz CT molecular complexity index is 717. The lowest BCUT2D eigenvalue weighted by atomic mass is 10.1. The SMILES string of the molecule is CCOc1ccccc1N1CCN(C(=O)Cc2ccc(N)cc2)CC1.Cl.Cl. The number of piperazine rings is 1. The number of para-hydroxylation sites is 2. The van der Waals surface area contributed by atoms with Crippen molar-refractivity contribution in [3.8, 4) is 5.75 Å². The summed E-state index contributed by atoms with van der Waals surface area (Å²) in [5.74, 6) is 1.08. The molecule has 0 spiro atoms. The average Bonchev–Trinajstić information content (AvgIpc) is 2.64. The molecule has 1 aliphatic rings. The Balaban J connectivity index is 0.00000182. The Morgan fingerprint density at radius 1 is 1.00 bits per heavy atom. The topological polar surface area (TPSA) is 58.8 Å². The second kappa shape index (κ2) is 10.9. The van der Waals surface area contributed by atoms with Gasteiger partial charge in [0.05, 0.1) is 18.7 Å². The zero-order valence-corrected chi connectivity index (χ0v) is 17.1. The molecule has 0 radical (unpaired) electrons. The average molecular weight is 412 g/mol. The molecule has 0 unspecified atom stereocenters. The summed E-state index contributed by atoms with van der Waals surface area (Å²) < 4.78 is 5.72. The van der Waals surface area contributed by atoms with E-state index in [9.17, 15) is 4.79 Å². The van der Waals surface area contributed by atoms with Crippen LogP contribution in [-0.2, 0) is 11.2 Å². The number of nitrogens with zero attached hydrogens (tertiary/aromatic N) is 2. The number of ether oxygens (including phenoxy) is 1. The first-order valence-corrected chi connectivity index (χ1v) is 8.76. The van der Waals surface area contributed by atoms with Crippen LogP contribution >= 0.6 is 24.8 Å². The Morgan fingerprint density at radius 3 is 2.26 bits per heavy atom. The molecular weight excluding hydrogens is 385 g/mol. The molecule has 5 nitrogen and oxygen atoms in total. The van der Waals surface area contributed by atoms with Crippen LogP contribution in [0.15, 0.2) is 48.5 Å². The molecule has 0 bridgehead atoms. The van der Waals surface area contributed by atoms with E-state index in [0.29, 0.717) is 13.0 Å². The van der Waals surface area contributed by atoms with E-state index >= 15 is 0 Å². The largest absolute Gasteiger partial charge is 0.492 e. The molecule has 1 amide bonds. The van der Waals surface area contributed by atoms with Crippen LogP contribution in [0.3, 0.4) is 0 Å². The summed E-state index contributed by atoms with van der Waals surface area (Å²) in [6.45, 7) is 5.74.